The van der Waals surface area contributed by atoms with Gasteiger partial charge in [0.1, 0.15) is 5.82 Å². The van der Waals surface area contributed by atoms with E-state index in [9.17, 15) is 9.18 Å². The molecule has 3 rings (SSSR count). The summed E-state index contributed by atoms with van der Waals surface area (Å²) in [5.74, 6) is -1.38. The van der Waals surface area contributed by atoms with Crippen molar-refractivity contribution < 1.29 is 9.18 Å². The summed E-state index contributed by atoms with van der Waals surface area (Å²) in [6.07, 6.45) is 3.26. The van der Waals surface area contributed by atoms with Gasteiger partial charge in [0.15, 0.2) is 11.6 Å². The number of amides is 1. The lowest BCUT2D eigenvalue weighted by molar-refractivity contribution is 0.100. The van der Waals surface area contributed by atoms with Gasteiger partial charge in [-0.2, -0.15) is 0 Å². The molecule has 2 heterocycles. The van der Waals surface area contributed by atoms with Crippen LogP contribution in [0, 0.1) is 5.82 Å². The molecule has 10 heteroatoms. The summed E-state index contributed by atoms with van der Waals surface area (Å²) >= 11 is 0. The van der Waals surface area contributed by atoms with E-state index in [4.69, 9.17) is 11.5 Å². The zero-order valence-corrected chi connectivity index (χ0v) is 15.4. The first-order valence-corrected chi connectivity index (χ1v) is 8.61. The first-order chi connectivity index (χ1) is 13.3. The molecular weight excluding hydrogens is 363 g/mol. The van der Waals surface area contributed by atoms with Gasteiger partial charge in [0, 0.05) is 17.8 Å². The zero-order valence-electron chi connectivity index (χ0n) is 15.4. The minimum Gasteiger partial charge on any atom is -0.365 e. The Kier molecular flexibility index (Phi) is 5.50. The van der Waals surface area contributed by atoms with Crippen LogP contribution in [0.25, 0.3) is 5.69 Å². The van der Waals surface area contributed by atoms with E-state index in [2.05, 4.69) is 25.9 Å². The number of nitrogens with two attached hydrogens (primary N) is 2. The second-order valence-corrected chi connectivity index (χ2v) is 6.39. The summed E-state index contributed by atoms with van der Waals surface area (Å²) in [5, 5.41) is 13.6. The van der Waals surface area contributed by atoms with Crippen molar-refractivity contribution in [1.29, 1.82) is 0 Å². The normalized spacial score (nSPS) is 13.0. The molecule has 9 nitrogen and oxygen atoms in total. The Hall–Kier alpha value is -3.53. The smallest absolute Gasteiger partial charge is 0.252 e. The molecule has 0 radical (unpaired) electrons. The number of rotatable bonds is 7. The number of aromatic nitrogens is 4. The molecule has 0 unspecified atom stereocenters. The van der Waals surface area contributed by atoms with Gasteiger partial charge in [-0.15, -0.1) is 5.10 Å². The number of carbonyl (C=O) groups is 1. The molecule has 0 fully saturated rings. The van der Waals surface area contributed by atoms with Crippen molar-refractivity contribution in [3.05, 3.63) is 54.1 Å². The van der Waals surface area contributed by atoms with E-state index in [1.165, 1.54) is 0 Å². The van der Waals surface area contributed by atoms with E-state index in [1.54, 1.807) is 42.2 Å². The van der Waals surface area contributed by atoms with Gasteiger partial charge in [0.2, 0.25) is 0 Å². The third kappa shape index (κ3) is 4.23. The van der Waals surface area contributed by atoms with Gasteiger partial charge >= 0.3 is 0 Å². The maximum absolute atomic E-state index is 14.4. The molecule has 6 N–H and O–H groups in total. The van der Waals surface area contributed by atoms with E-state index in [1.807, 2.05) is 13.0 Å². The van der Waals surface area contributed by atoms with Crippen molar-refractivity contribution in [3.63, 3.8) is 0 Å². The summed E-state index contributed by atoms with van der Waals surface area (Å²) in [4.78, 5) is 16.0. The van der Waals surface area contributed by atoms with Crippen LogP contribution in [0.4, 0.5) is 21.7 Å². The predicted octanol–water partition coefficient (Wildman–Crippen LogP) is 1.79. The second-order valence-electron chi connectivity index (χ2n) is 6.39. The van der Waals surface area contributed by atoms with Crippen LogP contribution in [0.1, 0.15) is 24.2 Å². The van der Waals surface area contributed by atoms with Crippen LogP contribution in [0.3, 0.4) is 0 Å². The fourth-order valence-corrected chi connectivity index (χ4v) is 2.43. The SMILES string of the molecule is C[C@H](Nc1nc(Nc2cccc(-n3ccnn3)c2)c(C(N)=O)cc1F)[C@@H](C)N. The molecular formula is C18H21FN8O. The van der Waals surface area contributed by atoms with Gasteiger partial charge in [-0.05, 0) is 38.1 Å². The fraction of sp³-hybridized carbons (Fsp3) is 0.222. The monoisotopic (exact) mass is 384 g/mol. The number of pyridine rings is 1. The first kappa shape index (κ1) is 19.2. The number of nitrogens with zero attached hydrogens (tertiary/aromatic N) is 4. The fourth-order valence-electron chi connectivity index (χ4n) is 2.43. The van der Waals surface area contributed by atoms with Crippen LogP contribution in [0.15, 0.2) is 42.7 Å². The predicted molar refractivity (Wildman–Crippen MR) is 104 cm³/mol. The Morgan fingerprint density at radius 2 is 2.04 bits per heavy atom. The molecule has 0 bridgehead atoms. The first-order valence-electron chi connectivity index (χ1n) is 8.61. The van der Waals surface area contributed by atoms with Gasteiger partial charge in [0.05, 0.1) is 23.6 Å². The molecule has 3 aromatic rings. The Morgan fingerprint density at radius 1 is 1.25 bits per heavy atom. The zero-order chi connectivity index (χ0) is 20.3. The maximum Gasteiger partial charge on any atom is 0.252 e. The highest BCUT2D eigenvalue weighted by molar-refractivity contribution is 5.98. The summed E-state index contributed by atoms with van der Waals surface area (Å²) in [6, 6.07) is 7.78. The Morgan fingerprint density at radius 3 is 2.68 bits per heavy atom. The third-order valence-electron chi connectivity index (χ3n) is 4.19. The summed E-state index contributed by atoms with van der Waals surface area (Å²) in [6.45, 7) is 3.60. The molecule has 146 valence electrons. The largest absolute Gasteiger partial charge is 0.365 e. The highest BCUT2D eigenvalue weighted by Gasteiger charge is 2.18. The number of carbonyl (C=O) groups excluding carboxylic acids is 1. The number of hydrogen-bond acceptors (Lipinski definition) is 7. The highest BCUT2D eigenvalue weighted by atomic mass is 19.1. The van der Waals surface area contributed by atoms with E-state index in [0.29, 0.717) is 5.69 Å². The van der Waals surface area contributed by atoms with Gasteiger partial charge in [-0.3, -0.25) is 4.79 Å². The van der Waals surface area contributed by atoms with Gasteiger partial charge in [-0.25, -0.2) is 14.1 Å². The van der Waals surface area contributed by atoms with Crippen molar-refractivity contribution in [2.24, 2.45) is 11.5 Å². The third-order valence-corrected chi connectivity index (χ3v) is 4.19. The molecule has 0 aliphatic heterocycles. The lowest BCUT2D eigenvalue weighted by Crippen LogP contribution is -2.35. The van der Waals surface area contributed by atoms with Gasteiger partial charge < -0.3 is 22.1 Å². The summed E-state index contributed by atoms with van der Waals surface area (Å²) in [5.41, 5.74) is 12.5. The van der Waals surface area contributed by atoms with Crippen LogP contribution in [0.5, 0.6) is 0 Å². The number of primary amides is 1. The number of nitrogens with one attached hydrogen (secondary N) is 2. The highest BCUT2D eigenvalue weighted by Crippen LogP contribution is 2.25. The average molecular weight is 384 g/mol. The lowest BCUT2D eigenvalue weighted by atomic mass is 10.1. The molecule has 0 spiro atoms. The Labute approximate surface area is 160 Å². The van der Waals surface area contributed by atoms with Gasteiger partial charge in [-0.1, -0.05) is 11.3 Å². The van der Waals surface area contributed by atoms with E-state index < -0.39 is 11.7 Å². The van der Waals surface area contributed by atoms with Gasteiger partial charge in [0.25, 0.3) is 5.91 Å². The number of benzene rings is 1. The minimum atomic E-state index is -0.798. The number of hydrogen-bond donors (Lipinski definition) is 4. The van der Waals surface area contributed by atoms with E-state index in [-0.39, 0.29) is 29.3 Å². The topological polar surface area (TPSA) is 137 Å². The van der Waals surface area contributed by atoms with Crippen LogP contribution in [-0.2, 0) is 0 Å². The Bertz CT molecular complexity index is 974. The number of anilines is 3. The lowest BCUT2D eigenvalue weighted by Gasteiger charge is -2.20. The molecule has 2 atom stereocenters. The van der Waals surface area contributed by atoms with E-state index >= 15 is 0 Å². The molecule has 2 aromatic heterocycles. The summed E-state index contributed by atoms with van der Waals surface area (Å²) < 4.78 is 16.0. The van der Waals surface area contributed by atoms with Crippen molar-refractivity contribution in [3.8, 4) is 5.69 Å². The maximum atomic E-state index is 14.4. The quantitative estimate of drug-likeness (QED) is 0.487. The van der Waals surface area contributed by atoms with Crippen LogP contribution >= 0.6 is 0 Å². The molecule has 1 amide bonds. The average Bonchev–Trinajstić information content (AvgIpc) is 3.19. The van der Waals surface area contributed by atoms with Crippen molar-refractivity contribution in [2.45, 2.75) is 25.9 Å². The molecule has 0 aliphatic carbocycles. The standard InChI is InChI=1S/C18H21FN8O/c1-10(20)11(2)23-18-15(19)9-14(16(21)28)17(25-18)24-12-4-3-5-13(8-12)27-7-6-22-26-27/h3-11H,20H2,1-2H3,(H2,21,28)(H2,23,24,25)/t10-,11+/m1/s1. The second kappa shape index (κ2) is 8.01. The van der Waals surface area contributed by atoms with E-state index in [0.717, 1.165) is 11.8 Å². The van der Waals surface area contributed by atoms with Crippen LogP contribution in [0.2, 0.25) is 0 Å². The molecule has 0 saturated carbocycles. The molecule has 0 aliphatic rings. The summed E-state index contributed by atoms with van der Waals surface area (Å²) in [7, 11) is 0. The van der Waals surface area contributed by atoms with Crippen molar-refractivity contribution >= 4 is 23.2 Å². The molecule has 28 heavy (non-hydrogen) atoms. The number of halogens is 1. The van der Waals surface area contributed by atoms with Crippen LogP contribution < -0.4 is 22.1 Å². The van der Waals surface area contributed by atoms with Crippen molar-refractivity contribution in [1.82, 2.24) is 20.0 Å². The minimum absolute atomic E-state index is 0.0234. The molecule has 0 saturated heterocycles. The van der Waals surface area contributed by atoms with Crippen LogP contribution in [-0.4, -0.2) is 38.0 Å². The Balaban J connectivity index is 1.96. The molecule has 1 aromatic carbocycles. The van der Waals surface area contributed by atoms with Crippen molar-refractivity contribution in [2.75, 3.05) is 10.6 Å².